The second kappa shape index (κ2) is 9.37. The fraction of sp³-hybridized carbons (Fsp3) is 0.0455. The lowest BCUT2D eigenvalue weighted by Gasteiger charge is -2.08. The Hall–Kier alpha value is -3.15. The van der Waals surface area contributed by atoms with Crippen molar-refractivity contribution in [3.8, 4) is 5.75 Å². The summed E-state index contributed by atoms with van der Waals surface area (Å²) in [6.07, 6.45) is 1.36. The molecule has 0 aliphatic heterocycles. The van der Waals surface area contributed by atoms with Crippen LogP contribution < -0.4 is 10.2 Å². The molecule has 0 saturated carbocycles. The first-order valence-electron chi connectivity index (χ1n) is 8.60. The van der Waals surface area contributed by atoms with Gasteiger partial charge in [0.1, 0.15) is 5.75 Å². The molecule has 0 saturated heterocycles. The Morgan fingerprint density at radius 2 is 1.52 bits per heavy atom. The fourth-order valence-corrected chi connectivity index (χ4v) is 2.69. The quantitative estimate of drug-likeness (QED) is 0.261. The first-order chi connectivity index (χ1) is 13.9. The van der Waals surface area contributed by atoms with E-state index >= 15 is 0 Å². The Bertz CT molecular complexity index is 1060. The summed E-state index contributed by atoms with van der Waals surface area (Å²) in [5.41, 5.74) is 4.75. The molecule has 5 nitrogen and oxygen atoms in total. The van der Waals surface area contributed by atoms with Gasteiger partial charge in [-0.2, -0.15) is 5.10 Å². The molecule has 3 aromatic carbocycles. The van der Waals surface area contributed by atoms with Crippen LogP contribution in [0.25, 0.3) is 0 Å². The van der Waals surface area contributed by atoms with E-state index in [-0.39, 0.29) is 11.7 Å². The van der Waals surface area contributed by atoms with Crippen molar-refractivity contribution < 1.29 is 14.3 Å². The SMILES string of the molecule is Cc1ccc(C(=O)N/N=C/c2cc(Cl)ccc2OC(=O)c2ccc(Cl)cc2)cc1. The number of aryl methyl sites for hydroxylation is 1. The first kappa shape index (κ1) is 20.6. The predicted molar refractivity (Wildman–Crippen MR) is 114 cm³/mol. The topological polar surface area (TPSA) is 67.8 Å². The number of hydrogen-bond acceptors (Lipinski definition) is 4. The molecule has 0 radical (unpaired) electrons. The first-order valence-corrected chi connectivity index (χ1v) is 9.35. The molecule has 0 atom stereocenters. The molecule has 1 N–H and O–H groups in total. The third-order valence-electron chi connectivity index (χ3n) is 3.94. The average Bonchev–Trinajstić information content (AvgIpc) is 2.70. The van der Waals surface area contributed by atoms with Gasteiger partial charge in [0, 0.05) is 21.2 Å². The highest BCUT2D eigenvalue weighted by atomic mass is 35.5. The average molecular weight is 427 g/mol. The van der Waals surface area contributed by atoms with Gasteiger partial charge in [0.2, 0.25) is 0 Å². The Morgan fingerprint density at radius 3 is 2.21 bits per heavy atom. The zero-order chi connectivity index (χ0) is 20.8. The molecule has 0 aliphatic rings. The molecule has 7 heteroatoms. The Kier molecular flexibility index (Phi) is 6.65. The van der Waals surface area contributed by atoms with Gasteiger partial charge in [0.25, 0.3) is 5.91 Å². The van der Waals surface area contributed by atoms with Gasteiger partial charge in [-0.1, -0.05) is 40.9 Å². The van der Waals surface area contributed by atoms with Crippen LogP contribution in [0.4, 0.5) is 0 Å². The Morgan fingerprint density at radius 1 is 0.897 bits per heavy atom. The van der Waals surface area contributed by atoms with E-state index in [0.717, 1.165) is 5.56 Å². The third kappa shape index (κ3) is 5.67. The van der Waals surface area contributed by atoms with E-state index < -0.39 is 5.97 Å². The number of carbonyl (C=O) groups is 2. The van der Waals surface area contributed by atoms with E-state index in [4.69, 9.17) is 27.9 Å². The number of nitrogens with zero attached hydrogens (tertiary/aromatic N) is 1. The maximum absolute atomic E-state index is 12.3. The van der Waals surface area contributed by atoms with Crippen LogP contribution in [-0.2, 0) is 0 Å². The number of nitrogens with one attached hydrogen (secondary N) is 1. The molecule has 0 heterocycles. The molecule has 0 spiro atoms. The van der Waals surface area contributed by atoms with Crippen LogP contribution in [0.15, 0.2) is 71.8 Å². The highest BCUT2D eigenvalue weighted by molar-refractivity contribution is 6.31. The van der Waals surface area contributed by atoms with Gasteiger partial charge in [-0.15, -0.1) is 0 Å². The predicted octanol–water partition coefficient (Wildman–Crippen LogP) is 5.28. The van der Waals surface area contributed by atoms with Crippen molar-refractivity contribution >= 4 is 41.3 Å². The molecule has 0 bridgehead atoms. The zero-order valence-corrected chi connectivity index (χ0v) is 16.9. The number of carbonyl (C=O) groups excluding carboxylic acids is 2. The van der Waals surface area contributed by atoms with Crippen molar-refractivity contribution in [1.82, 2.24) is 5.43 Å². The van der Waals surface area contributed by atoms with E-state index in [0.29, 0.717) is 26.7 Å². The second-order valence-corrected chi connectivity index (χ2v) is 7.02. The lowest BCUT2D eigenvalue weighted by atomic mass is 10.1. The van der Waals surface area contributed by atoms with Gasteiger partial charge < -0.3 is 4.74 Å². The molecule has 0 unspecified atom stereocenters. The summed E-state index contributed by atoms with van der Waals surface area (Å²) < 4.78 is 5.44. The van der Waals surface area contributed by atoms with E-state index in [1.54, 1.807) is 54.6 Å². The van der Waals surface area contributed by atoms with Gasteiger partial charge in [-0.05, 0) is 61.5 Å². The Labute approximate surface area is 177 Å². The van der Waals surface area contributed by atoms with Crippen molar-refractivity contribution in [3.63, 3.8) is 0 Å². The smallest absolute Gasteiger partial charge is 0.343 e. The molecule has 0 aromatic heterocycles. The molecule has 29 heavy (non-hydrogen) atoms. The van der Waals surface area contributed by atoms with Crippen molar-refractivity contribution in [2.75, 3.05) is 0 Å². The molecule has 0 fully saturated rings. The number of esters is 1. The number of hydrazone groups is 1. The van der Waals surface area contributed by atoms with Crippen molar-refractivity contribution in [3.05, 3.63) is 99.0 Å². The molecular formula is C22H16Cl2N2O3. The molecular weight excluding hydrogens is 411 g/mol. The van der Waals surface area contributed by atoms with E-state index in [1.165, 1.54) is 6.21 Å². The van der Waals surface area contributed by atoms with Gasteiger partial charge >= 0.3 is 5.97 Å². The summed E-state index contributed by atoms with van der Waals surface area (Å²) in [5, 5.41) is 4.89. The summed E-state index contributed by atoms with van der Waals surface area (Å²) in [7, 11) is 0. The minimum absolute atomic E-state index is 0.252. The monoisotopic (exact) mass is 426 g/mol. The summed E-state index contributed by atoms with van der Waals surface area (Å²) >= 11 is 11.9. The fourth-order valence-electron chi connectivity index (χ4n) is 2.39. The highest BCUT2D eigenvalue weighted by Gasteiger charge is 2.12. The van der Waals surface area contributed by atoms with Crippen molar-refractivity contribution in [1.29, 1.82) is 0 Å². The standard InChI is InChI=1S/C22H16Cl2N2O3/c1-14-2-4-15(5-3-14)21(27)26-25-13-17-12-19(24)10-11-20(17)29-22(28)16-6-8-18(23)9-7-16/h2-13H,1H3,(H,26,27)/b25-13+. The zero-order valence-electron chi connectivity index (χ0n) is 15.4. The maximum Gasteiger partial charge on any atom is 0.343 e. The van der Waals surface area contributed by atoms with Crippen LogP contribution in [0.5, 0.6) is 5.75 Å². The van der Waals surface area contributed by atoms with E-state index in [9.17, 15) is 9.59 Å². The number of benzene rings is 3. The maximum atomic E-state index is 12.3. The van der Waals surface area contributed by atoms with E-state index in [2.05, 4.69) is 10.5 Å². The van der Waals surface area contributed by atoms with Crippen LogP contribution in [0.3, 0.4) is 0 Å². The highest BCUT2D eigenvalue weighted by Crippen LogP contribution is 2.23. The molecule has 3 rings (SSSR count). The normalized spacial score (nSPS) is 10.7. The number of halogens is 2. The minimum Gasteiger partial charge on any atom is -0.422 e. The number of hydrogen-bond donors (Lipinski definition) is 1. The lowest BCUT2D eigenvalue weighted by Crippen LogP contribution is -2.17. The lowest BCUT2D eigenvalue weighted by molar-refractivity contribution is 0.0734. The van der Waals surface area contributed by atoms with Crippen LogP contribution >= 0.6 is 23.2 Å². The number of rotatable bonds is 5. The van der Waals surface area contributed by atoms with Gasteiger partial charge in [0.15, 0.2) is 0 Å². The number of ether oxygens (including phenoxy) is 1. The van der Waals surface area contributed by atoms with Crippen LogP contribution in [0, 0.1) is 6.92 Å². The van der Waals surface area contributed by atoms with Crippen LogP contribution in [0.1, 0.15) is 31.8 Å². The Balaban J connectivity index is 1.73. The summed E-state index contributed by atoms with van der Waals surface area (Å²) in [6.45, 7) is 1.94. The summed E-state index contributed by atoms with van der Waals surface area (Å²) in [4.78, 5) is 24.5. The van der Waals surface area contributed by atoms with Gasteiger partial charge in [0.05, 0.1) is 11.8 Å². The van der Waals surface area contributed by atoms with Gasteiger partial charge in [-0.25, -0.2) is 10.2 Å². The molecule has 3 aromatic rings. The second-order valence-electron chi connectivity index (χ2n) is 6.14. The molecule has 146 valence electrons. The third-order valence-corrected chi connectivity index (χ3v) is 4.42. The van der Waals surface area contributed by atoms with Gasteiger partial charge in [-0.3, -0.25) is 4.79 Å². The molecule has 0 aliphatic carbocycles. The van der Waals surface area contributed by atoms with Crippen LogP contribution in [0.2, 0.25) is 10.0 Å². The van der Waals surface area contributed by atoms with Crippen molar-refractivity contribution in [2.45, 2.75) is 6.92 Å². The van der Waals surface area contributed by atoms with E-state index in [1.807, 2.05) is 19.1 Å². The summed E-state index contributed by atoms with van der Waals surface area (Å²) in [5.74, 6) is -0.659. The van der Waals surface area contributed by atoms with Crippen molar-refractivity contribution in [2.24, 2.45) is 5.10 Å². The number of amides is 1. The summed E-state index contributed by atoms with van der Waals surface area (Å²) in [6, 6.07) is 18.1. The van der Waals surface area contributed by atoms with Crippen LogP contribution in [-0.4, -0.2) is 18.1 Å². The largest absolute Gasteiger partial charge is 0.422 e. The minimum atomic E-state index is -0.553. The molecule has 1 amide bonds.